The van der Waals surface area contributed by atoms with Gasteiger partial charge in [-0.3, -0.25) is 9.69 Å². The first kappa shape index (κ1) is 10.1. The average molecular weight is 223 g/mol. The van der Waals surface area contributed by atoms with E-state index in [1.807, 2.05) is 0 Å². The van der Waals surface area contributed by atoms with Crippen molar-refractivity contribution in [1.29, 1.82) is 0 Å². The molecule has 1 unspecified atom stereocenters. The fraction of sp³-hybridized carbons (Fsp3) is 0.818. The Hall–Kier alpha value is -1.10. The van der Waals surface area contributed by atoms with Crippen molar-refractivity contribution in [2.45, 2.75) is 43.7 Å². The average Bonchev–Trinajstić information content (AvgIpc) is 2.92. The van der Waals surface area contributed by atoms with Crippen LogP contribution in [0.2, 0.25) is 0 Å². The summed E-state index contributed by atoms with van der Waals surface area (Å²) in [5.74, 6) is 0.0173. The maximum atomic E-state index is 12.3. The molecule has 3 aliphatic rings. The lowest BCUT2D eigenvalue weighted by molar-refractivity contribution is -0.132. The molecule has 0 radical (unpaired) electrons. The zero-order chi connectivity index (χ0) is 11.2. The van der Waals surface area contributed by atoms with Gasteiger partial charge in [0.15, 0.2) is 0 Å². The highest BCUT2D eigenvalue weighted by molar-refractivity contribution is 6.07. The summed E-state index contributed by atoms with van der Waals surface area (Å²) >= 11 is 0. The van der Waals surface area contributed by atoms with Crippen LogP contribution in [-0.2, 0) is 4.79 Å². The van der Waals surface area contributed by atoms with E-state index in [4.69, 9.17) is 0 Å². The van der Waals surface area contributed by atoms with Crippen molar-refractivity contribution in [3.63, 3.8) is 0 Å². The lowest BCUT2D eigenvalue weighted by Gasteiger charge is -2.23. The third-order valence-electron chi connectivity index (χ3n) is 4.05. The molecular formula is C11H17N3O2. The molecule has 0 bridgehead atoms. The van der Waals surface area contributed by atoms with Crippen molar-refractivity contribution < 1.29 is 9.59 Å². The maximum absolute atomic E-state index is 12.3. The summed E-state index contributed by atoms with van der Waals surface area (Å²) in [5, 5.41) is 6.11. The first-order chi connectivity index (χ1) is 7.73. The molecule has 2 N–H and O–H groups in total. The number of nitrogens with zero attached hydrogens (tertiary/aromatic N) is 1. The third-order valence-corrected chi connectivity index (χ3v) is 4.05. The van der Waals surface area contributed by atoms with Gasteiger partial charge in [0.2, 0.25) is 0 Å². The van der Waals surface area contributed by atoms with E-state index < -0.39 is 5.54 Å². The molecule has 5 heteroatoms. The third kappa shape index (κ3) is 1.27. The molecule has 0 aromatic rings. The molecule has 0 aromatic heterocycles. The van der Waals surface area contributed by atoms with Crippen LogP contribution in [0, 0.1) is 0 Å². The summed E-state index contributed by atoms with van der Waals surface area (Å²) in [6, 6.07) is -0.118. The SMILES string of the molecule is O=C1NC2(CCCC2)C(=O)N1C1CCNC1. The quantitative estimate of drug-likeness (QED) is 0.625. The fourth-order valence-corrected chi connectivity index (χ4v) is 3.15. The van der Waals surface area contributed by atoms with Crippen molar-refractivity contribution in [2.24, 2.45) is 0 Å². The van der Waals surface area contributed by atoms with Crippen LogP contribution in [0.25, 0.3) is 0 Å². The zero-order valence-corrected chi connectivity index (χ0v) is 9.29. The summed E-state index contributed by atoms with van der Waals surface area (Å²) in [6.45, 7) is 1.64. The Balaban J connectivity index is 1.84. The number of hydrogen-bond acceptors (Lipinski definition) is 3. The smallest absolute Gasteiger partial charge is 0.323 e. The zero-order valence-electron chi connectivity index (χ0n) is 9.29. The molecule has 1 saturated carbocycles. The van der Waals surface area contributed by atoms with Gasteiger partial charge in [0.25, 0.3) is 5.91 Å². The number of nitrogens with one attached hydrogen (secondary N) is 2. The second-order valence-electron chi connectivity index (χ2n) is 5.04. The molecule has 3 amide bonds. The summed E-state index contributed by atoms with van der Waals surface area (Å²) in [4.78, 5) is 25.7. The fourth-order valence-electron chi connectivity index (χ4n) is 3.15. The minimum atomic E-state index is -0.542. The molecule has 2 saturated heterocycles. The highest BCUT2D eigenvalue weighted by atomic mass is 16.2. The summed E-state index contributed by atoms with van der Waals surface area (Å²) in [6.07, 6.45) is 4.60. The predicted molar refractivity (Wildman–Crippen MR) is 57.9 cm³/mol. The van der Waals surface area contributed by atoms with Crippen molar-refractivity contribution in [3.05, 3.63) is 0 Å². The van der Waals surface area contributed by atoms with Gasteiger partial charge in [-0.2, -0.15) is 0 Å². The van der Waals surface area contributed by atoms with Gasteiger partial charge < -0.3 is 10.6 Å². The van der Waals surface area contributed by atoms with Gasteiger partial charge in [-0.25, -0.2) is 4.79 Å². The molecule has 1 aliphatic carbocycles. The Morgan fingerprint density at radius 2 is 2.00 bits per heavy atom. The van der Waals surface area contributed by atoms with E-state index in [-0.39, 0.29) is 18.0 Å². The van der Waals surface area contributed by atoms with E-state index in [1.165, 1.54) is 4.90 Å². The van der Waals surface area contributed by atoms with Crippen LogP contribution in [0.4, 0.5) is 4.79 Å². The van der Waals surface area contributed by atoms with Gasteiger partial charge in [-0.05, 0) is 25.8 Å². The van der Waals surface area contributed by atoms with Crippen LogP contribution >= 0.6 is 0 Å². The van der Waals surface area contributed by atoms with E-state index in [0.717, 1.165) is 45.2 Å². The Morgan fingerprint density at radius 3 is 2.62 bits per heavy atom. The predicted octanol–water partition coefficient (Wildman–Crippen LogP) is 0.213. The van der Waals surface area contributed by atoms with Gasteiger partial charge in [-0.1, -0.05) is 12.8 Å². The lowest BCUT2D eigenvalue weighted by Crippen LogP contribution is -2.46. The minimum absolute atomic E-state index is 0.0173. The summed E-state index contributed by atoms with van der Waals surface area (Å²) < 4.78 is 0. The lowest BCUT2D eigenvalue weighted by atomic mass is 9.97. The van der Waals surface area contributed by atoms with Crippen molar-refractivity contribution >= 4 is 11.9 Å². The number of carbonyl (C=O) groups excluding carboxylic acids is 2. The van der Waals surface area contributed by atoms with Gasteiger partial charge in [0.05, 0.1) is 6.04 Å². The second-order valence-corrected chi connectivity index (χ2v) is 5.04. The maximum Gasteiger partial charge on any atom is 0.325 e. The van der Waals surface area contributed by atoms with Gasteiger partial charge >= 0.3 is 6.03 Å². The Morgan fingerprint density at radius 1 is 1.25 bits per heavy atom. The molecule has 16 heavy (non-hydrogen) atoms. The van der Waals surface area contributed by atoms with Crippen LogP contribution in [-0.4, -0.2) is 41.5 Å². The number of urea groups is 1. The monoisotopic (exact) mass is 223 g/mol. The number of hydrogen-bond donors (Lipinski definition) is 2. The molecule has 0 aromatic carbocycles. The first-order valence-corrected chi connectivity index (χ1v) is 6.09. The Kier molecular flexibility index (Phi) is 2.17. The highest BCUT2D eigenvalue weighted by Gasteiger charge is 2.54. The van der Waals surface area contributed by atoms with Gasteiger partial charge in [0.1, 0.15) is 5.54 Å². The van der Waals surface area contributed by atoms with Crippen LogP contribution in [0.15, 0.2) is 0 Å². The van der Waals surface area contributed by atoms with E-state index in [2.05, 4.69) is 10.6 Å². The molecule has 1 atom stereocenters. The van der Waals surface area contributed by atoms with E-state index >= 15 is 0 Å². The van der Waals surface area contributed by atoms with Gasteiger partial charge in [-0.15, -0.1) is 0 Å². The van der Waals surface area contributed by atoms with Crippen LogP contribution in [0.5, 0.6) is 0 Å². The Labute approximate surface area is 94.6 Å². The number of rotatable bonds is 1. The molecule has 1 spiro atoms. The van der Waals surface area contributed by atoms with Crippen molar-refractivity contribution in [1.82, 2.24) is 15.5 Å². The molecule has 2 aliphatic heterocycles. The topological polar surface area (TPSA) is 61.4 Å². The summed E-state index contributed by atoms with van der Waals surface area (Å²) in [5.41, 5.74) is -0.542. The molecule has 2 heterocycles. The van der Waals surface area contributed by atoms with Crippen LogP contribution in [0.1, 0.15) is 32.1 Å². The van der Waals surface area contributed by atoms with Crippen LogP contribution < -0.4 is 10.6 Å². The largest absolute Gasteiger partial charge is 0.325 e. The van der Waals surface area contributed by atoms with Crippen LogP contribution in [0.3, 0.4) is 0 Å². The second kappa shape index (κ2) is 3.45. The van der Waals surface area contributed by atoms with Crippen molar-refractivity contribution in [2.75, 3.05) is 13.1 Å². The van der Waals surface area contributed by atoms with E-state index in [1.54, 1.807) is 0 Å². The van der Waals surface area contributed by atoms with Gasteiger partial charge in [0, 0.05) is 6.54 Å². The van der Waals surface area contributed by atoms with E-state index in [9.17, 15) is 9.59 Å². The number of carbonyl (C=O) groups is 2. The molecule has 88 valence electrons. The van der Waals surface area contributed by atoms with Crippen molar-refractivity contribution in [3.8, 4) is 0 Å². The molecule has 3 fully saturated rings. The molecular weight excluding hydrogens is 206 g/mol. The minimum Gasteiger partial charge on any atom is -0.323 e. The van der Waals surface area contributed by atoms with E-state index in [0.29, 0.717) is 0 Å². The normalized spacial score (nSPS) is 32.8. The number of imide groups is 1. The first-order valence-electron chi connectivity index (χ1n) is 6.09. The Bertz CT molecular complexity index is 330. The molecule has 3 rings (SSSR count). The molecule has 5 nitrogen and oxygen atoms in total. The summed E-state index contributed by atoms with van der Waals surface area (Å²) in [7, 11) is 0. The highest BCUT2D eigenvalue weighted by Crippen LogP contribution is 2.36. The standard InChI is InChI=1S/C11H17N3O2/c15-9-11(4-1-2-5-11)13-10(16)14(9)8-3-6-12-7-8/h8,12H,1-7H2,(H,13,16). The number of amides is 3.